The smallest absolute Gasteiger partial charge is 0.319 e. The zero-order chi connectivity index (χ0) is 18.8. The highest BCUT2D eigenvalue weighted by Gasteiger charge is 2.38. The van der Waals surface area contributed by atoms with E-state index in [0.29, 0.717) is 11.4 Å². The number of halogens is 1. The van der Waals surface area contributed by atoms with Crippen LogP contribution in [0.1, 0.15) is 22.7 Å². The minimum atomic E-state index is -0.628. The Balaban J connectivity index is 1.93. The average molecular weight is 414 g/mol. The van der Waals surface area contributed by atoms with Crippen LogP contribution in [0.4, 0.5) is 10.5 Å². The van der Waals surface area contributed by atoms with Crippen LogP contribution in [0.5, 0.6) is 0 Å². The lowest BCUT2D eigenvalue weighted by Gasteiger charge is -2.34. The van der Waals surface area contributed by atoms with Gasteiger partial charge in [-0.2, -0.15) is 0 Å². The third kappa shape index (κ3) is 3.80. The molecule has 0 spiro atoms. The van der Waals surface area contributed by atoms with E-state index in [9.17, 15) is 9.59 Å². The van der Waals surface area contributed by atoms with E-state index >= 15 is 0 Å². The molecule has 5 nitrogen and oxygen atoms in total. The molecule has 2 aromatic rings. The number of hydrogen-bond acceptors (Lipinski definition) is 2. The topological polar surface area (TPSA) is 70.2 Å². The summed E-state index contributed by atoms with van der Waals surface area (Å²) in [6, 6.07) is 12.5. The molecule has 0 aliphatic carbocycles. The Kier molecular flexibility index (Phi) is 5.13. The molecule has 2 atom stereocenters. The van der Waals surface area contributed by atoms with E-state index in [0.717, 1.165) is 21.2 Å². The Hall–Kier alpha value is -2.60. The lowest BCUT2D eigenvalue weighted by atomic mass is 9.85. The number of aryl methyl sites for hydroxylation is 2. The molecule has 0 saturated carbocycles. The lowest BCUT2D eigenvalue weighted by molar-refractivity contribution is -0.119. The van der Waals surface area contributed by atoms with Gasteiger partial charge in [0.25, 0.3) is 0 Å². The van der Waals surface area contributed by atoms with Gasteiger partial charge in [0, 0.05) is 15.9 Å². The number of nitrogens with one attached hydrogen (secondary N) is 3. The van der Waals surface area contributed by atoms with Crippen LogP contribution in [0.3, 0.4) is 0 Å². The summed E-state index contributed by atoms with van der Waals surface area (Å²) >= 11 is 3.37. The first kappa shape index (κ1) is 18.2. The molecule has 0 aromatic heterocycles. The zero-order valence-corrected chi connectivity index (χ0v) is 16.2. The minimum absolute atomic E-state index is 0.226. The minimum Gasteiger partial charge on any atom is -0.330 e. The predicted molar refractivity (Wildman–Crippen MR) is 106 cm³/mol. The molecule has 1 aliphatic heterocycles. The SMILES string of the molecule is C=C1NC(=O)N[C@@H](c2cc(C)ccc2C)[C@@H]1C(=O)Nc1ccc(Br)cc1. The van der Waals surface area contributed by atoms with Gasteiger partial charge in [0.2, 0.25) is 5.91 Å². The van der Waals surface area contributed by atoms with E-state index in [1.54, 1.807) is 0 Å². The van der Waals surface area contributed by atoms with Crippen molar-refractivity contribution in [1.29, 1.82) is 0 Å². The van der Waals surface area contributed by atoms with Crippen molar-refractivity contribution in [3.8, 4) is 0 Å². The molecule has 3 amide bonds. The van der Waals surface area contributed by atoms with Crippen molar-refractivity contribution in [3.05, 3.63) is 75.9 Å². The molecule has 6 heteroatoms. The second-order valence-electron chi connectivity index (χ2n) is 6.44. The molecule has 3 N–H and O–H groups in total. The Morgan fingerprint density at radius 1 is 1.15 bits per heavy atom. The van der Waals surface area contributed by atoms with Gasteiger partial charge in [0.15, 0.2) is 0 Å². The van der Waals surface area contributed by atoms with Crippen molar-refractivity contribution < 1.29 is 9.59 Å². The molecular weight excluding hydrogens is 394 g/mol. The number of amides is 3. The highest BCUT2D eigenvalue weighted by atomic mass is 79.9. The summed E-state index contributed by atoms with van der Waals surface area (Å²) in [7, 11) is 0. The van der Waals surface area contributed by atoms with Crippen LogP contribution in [0.15, 0.2) is 59.2 Å². The lowest BCUT2D eigenvalue weighted by Crippen LogP contribution is -2.52. The molecule has 26 heavy (non-hydrogen) atoms. The maximum Gasteiger partial charge on any atom is 0.319 e. The molecule has 1 fully saturated rings. The third-order valence-corrected chi connectivity index (χ3v) is 4.96. The Labute approximate surface area is 161 Å². The van der Waals surface area contributed by atoms with Crippen molar-refractivity contribution in [2.45, 2.75) is 19.9 Å². The van der Waals surface area contributed by atoms with Gasteiger partial charge >= 0.3 is 6.03 Å². The second kappa shape index (κ2) is 7.33. The normalized spacial score (nSPS) is 19.5. The van der Waals surface area contributed by atoms with E-state index in [2.05, 4.69) is 38.5 Å². The van der Waals surface area contributed by atoms with Gasteiger partial charge in [-0.3, -0.25) is 4.79 Å². The number of anilines is 1. The first-order chi connectivity index (χ1) is 12.3. The fourth-order valence-corrected chi connectivity index (χ4v) is 3.36. The van der Waals surface area contributed by atoms with Gasteiger partial charge in [-0.1, -0.05) is 46.3 Å². The maximum absolute atomic E-state index is 13.0. The Morgan fingerprint density at radius 2 is 1.85 bits per heavy atom. The molecule has 1 aliphatic rings. The average Bonchev–Trinajstić information content (AvgIpc) is 2.58. The molecule has 1 saturated heterocycles. The summed E-state index contributed by atoms with van der Waals surface area (Å²) in [6.45, 7) is 7.86. The second-order valence-corrected chi connectivity index (χ2v) is 7.35. The van der Waals surface area contributed by atoms with Crippen LogP contribution in [0.25, 0.3) is 0 Å². The van der Waals surface area contributed by atoms with Gasteiger partial charge in [-0.25, -0.2) is 4.79 Å². The quantitative estimate of drug-likeness (QED) is 0.705. The maximum atomic E-state index is 13.0. The number of rotatable bonds is 3. The van der Waals surface area contributed by atoms with Crippen molar-refractivity contribution in [2.75, 3.05) is 5.32 Å². The monoisotopic (exact) mass is 413 g/mol. The van der Waals surface area contributed by atoms with Crippen molar-refractivity contribution >= 4 is 33.6 Å². The van der Waals surface area contributed by atoms with E-state index in [-0.39, 0.29) is 11.9 Å². The highest BCUT2D eigenvalue weighted by molar-refractivity contribution is 9.10. The van der Waals surface area contributed by atoms with Crippen LogP contribution >= 0.6 is 15.9 Å². The molecule has 0 unspecified atom stereocenters. The van der Waals surface area contributed by atoms with Gasteiger partial charge in [-0.05, 0) is 49.2 Å². The van der Waals surface area contributed by atoms with Crippen LogP contribution in [-0.4, -0.2) is 11.9 Å². The summed E-state index contributed by atoms with van der Waals surface area (Å²) in [4.78, 5) is 25.0. The van der Waals surface area contributed by atoms with Gasteiger partial charge in [0.05, 0.1) is 6.04 Å². The van der Waals surface area contributed by atoms with Crippen LogP contribution in [0, 0.1) is 19.8 Å². The first-order valence-corrected chi connectivity index (χ1v) is 9.04. The standard InChI is InChI=1S/C20H20BrN3O2/c1-11-4-5-12(2)16(10-11)18-17(13(3)22-20(26)24-18)19(25)23-15-8-6-14(21)7-9-15/h4-10,17-18H,3H2,1-2H3,(H,23,25)(H2,22,24,26)/t17-,18+/m1/s1. The molecule has 3 rings (SSSR count). The van der Waals surface area contributed by atoms with Crippen molar-refractivity contribution in [3.63, 3.8) is 0 Å². The number of carbonyl (C=O) groups is 2. The number of urea groups is 1. The van der Waals surface area contributed by atoms with Gasteiger partial charge in [0.1, 0.15) is 5.92 Å². The highest BCUT2D eigenvalue weighted by Crippen LogP contribution is 2.32. The predicted octanol–water partition coefficient (Wildman–Crippen LogP) is 4.19. The molecule has 1 heterocycles. The fraction of sp³-hybridized carbons (Fsp3) is 0.200. The summed E-state index contributed by atoms with van der Waals surface area (Å²) < 4.78 is 0.930. The first-order valence-electron chi connectivity index (χ1n) is 8.25. The number of carbonyl (C=O) groups excluding carboxylic acids is 2. The van der Waals surface area contributed by atoms with Crippen LogP contribution in [0.2, 0.25) is 0 Å². The fourth-order valence-electron chi connectivity index (χ4n) is 3.10. The largest absolute Gasteiger partial charge is 0.330 e. The number of hydrogen-bond donors (Lipinski definition) is 3. The molecule has 134 valence electrons. The summed E-state index contributed by atoms with van der Waals surface area (Å²) in [5.74, 6) is -0.854. The van der Waals surface area contributed by atoms with Crippen molar-refractivity contribution in [2.24, 2.45) is 5.92 Å². The molecular formula is C20H20BrN3O2. The van der Waals surface area contributed by atoms with E-state index in [1.807, 2.05) is 56.3 Å². The van der Waals surface area contributed by atoms with Gasteiger partial charge < -0.3 is 16.0 Å². The van der Waals surface area contributed by atoms with E-state index in [1.165, 1.54) is 0 Å². The Bertz CT molecular complexity index is 877. The van der Waals surface area contributed by atoms with Gasteiger partial charge in [-0.15, -0.1) is 0 Å². The van der Waals surface area contributed by atoms with Crippen LogP contribution < -0.4 is 16.0 Å². The van der Waals surface area contributed by atoms with E-state index in [4.69, 9.17) is 0 Å². The molecule has 0 radical (unpaired) electrons. The van der Waals surface area contributed by atoms with E-state index < -0.39 is 12.0 Å². The summed E-state index contributed by atoms with van der Waals surface area (Å²) in [5.41, 5.74) is 4.06. The third-order valence-electron chi connectivity index (χ3n) is 4.43. The van der Waals surface area contributed by atoms with Crippen LogP contribution in [-0.2, 0) is 4.79 Å². The molecule has 0 bridgehead atoms. The Morgan fingerprint density at radius 3 is 2.54 bits per heavy atom. The van der Waals surface area contributed by atoms with Crippen molar-refractivity contribution in [1.82, 2.24) is 10.6 Å². The molecule has 2 aromatic carbocycles. The summed E-state index contributed by atoms with van der Waals surface area (Å²) in [6.07, 6.45) is 0. The zero-order valence-electron chi connectivity index (χ0n) is 14.6. The number of benzene rings is 2. The summed E-state index contributed by atoms with van der Waals surface area (Å²) in [5, 5.41) is 8.41.